The number of benzene rings is 1. The van der Waals surface area contributed by atoms with Gasteiger partial charge in [-0.05, 0) is 12.0 Å². The number of hydrogen-bond donors (Lipinski definition) is 3. The molecule has 0 aliphatic heterocycles. The largest absolute Gasteiger partial charge is 0.481 e. The number of carboxylic acid groups (broad SMARTS) is 2. The van der Waals surface area contributed by atoms with E-state index in [2.05, 4.69) is 5.32 Å². The molecule has 0 radical (unpaired) electrons. The van der Waals surface area contributed by atoms with Gasteiger partial charge in [0.05, 0.1) is 6.42 Å². The van der Waals surface area contributed by atoms with Crippen molar-refractivity contribution in [2.45, 2.75) is 25.3 Å². The van der Waals surface area contributed by atoms with E-state index in [1.807, 2.05) is 30.3 Å². The lowest BCUT2D eigenvalue weighted by Gasteiger charge is -2.12. The van der Waals surface area contributed by atoms with Gasteiger partial charge in [-0.15, -0.1) is 0 Å². The fraction of sp³-hybridized carbons (Fsp3) is 0.308. The minimum atomic E-state index is -1.39. The molecule has 0 spiro atoms. The second-order valence-corrected chi connectivity index (χ2v) is 4.04. The Morgan fingerprint density at radius 1 is 1.11 bits per heavy atom. The minimum Gasteiger partial charge on any atom is -0.481 e. The van der Waals surface area contributed by atoms with E-state index in [-0.39, 0.29) is 6.42 Å². The minimum absolute atomic E-state index is 0.118. The highest BCUT2D eigenvalue weighted by Crippen LogP contribution is 2.03. The third-order valence-corrected chi connectivity index (χ3v) is 2.50. The van der Waals surface area contributed by atoms with E-state index in [1.54, 1.807) is 0 Å². The van der Waals surface area contributed by atoms with Crippen LogP contribution in [0, 0.1) is 0 Å². The predicted octanol–water partition coefficient (Wildman–Crippen LogP) is 0.663. The number of rotatable bonds is 7. The second-order valence-electron chi connectivity index (χ2n) is 4.04. The number of carboxylic acids is 2. The summed E-state index contributed by atoms with van der Waals surface area (Å²) in [6, 6.07) is 7.88. The monoisotopic (exact) mass is 265 g/mol. The van der Waals surface area contributed by atoms with Gasteiger partial charge in [-0.2, -0.15) is 0 Å². The first-order valence-electron chi connectivity index (χ1n) is 5.77. The number of amides is 1. The average Bonchev–Trinajstić information content (AvgIpc) is 2.36. The van der Waals surface area contributed by atoms with Crippen LogP contribution >= 0.6 is 0 Å². The maximum absolute atomic E-state index is 11.5. The van der Waals surface area contributed by atoms with Crippen molar-refractivity contribution < 1.29 is 24.6 Å². The van der Waals surface area contributed by atoms with Crippen molar-refractivity contribution in [1.29, 1.82) is 0 Å². The number of aryl methyl sites for hydroxylation is 1. The van der Waals surface area contributed by atoms with Crippen molar-refractivity contribution in [3.05, 3.63) is 35.9 Å². The van der Waals surface area contributed by atoms with E-state index in [0.717, 1.165) is 5.56 Å². The summed E-state index contributed by atoms with van der Waals surface area (Å²) >= 11 is 0. The molecule has 1 aromatic rings. The first-order chi connectivity index (χ1) is 8.99. The molecule has 1 amide bonds. The molecule has 0 fully saturated rings. The van der Waals surface area contributed by atoms with E-state index in [0.29, 0.717) is 6.42 Å². The smallest absolute Gasteiger partial charge is 0.326 e. The summed E-state index contributed by atoms with van der Waals surface area (Å²) < 4.78 is 0. The highest BCUT2D eigenvalue weighted by molar-refractivity contribution is 5.86. The number of aliphatic carboxylic acids is 2. The highest BCUT2D eigenvalue weighted by Gasteiger charge is 2.22. The summed E-state index contributed by atoms with van der Waals surface area (Å²) in [6.45, 7) is 0. The van der Waals surface area contributed by atoms with Crippen LogP contribution in [0.15, 0.2) is 30.3 Å². The van der Waals surface area contributed by atoms with Crippen LogP contribution in [-0.2, 0) is 20.8 Å². The van der Waals surface area contributed by atoms with E-state index >= 15 is 0 Å². The van der Waals surface area contributed by atoms with E-state index in [1.165, 1.54) is 0 Å². The molecule has 1 aromatic carbocycles. The SMILES string of the molecule is O=C(O)C[C@H](NC(=O)CCc1ccccc1)C(=O)O. The van der Waals surface area contributed by atoms with Crippen LogP contribution in [0.5, 0.6) is 0 Å². The van der Waals surface area contributed by atoms with Crippen LogP contribution in [0.2, 0.25) is 0 Å². The molecule has 0 saturated carbocycles. The summed E-state index contributed by atoms with van der Waals surface area (Å²) in [5, 5.41) is 19.5. The van der Waals surface area contributed by atoms with Crippen molar-refractivity contribution in [2.24, 2.45) is 0 Å². The van der Waals surface area contributed by atoms with Crippen LogP contribution in [-0.4, -0.2) is 34.1 Å². The third kappa shape index (κ3) is 5.67. The molecule has 6 nitrogen and oxygen atoms in total. The van der Waals surface area contributed by atoms with Gasteiger partial charge < -0.3 is 15.5 Å². The molecule has 0 aliphatic rings. The normalized spacial score (nSPS) is 11.6. The molecule has 19 heavy (non-hydrogen) atoms. The van der Waals surface area contributed by atoms with Crippen LogP contribution < -0.4 is 5.32 Å². The Morgan fingerprint density at radius 3 is 2.26 bits per heavy atom. The number of hydrogen-bond acceptors (Lipinski definition) is 3. The summed E-state index contributed by atoms with van der Waals surface area (Å²) in [4.78, 5) is 32.8. The van der Waals surface area contributed by atoms with Crippen molar-refractivity contribution in [3.8, 4) is 0 Å². The second kappa shape index (κ2) is 7.15. The Morgan fingerprint density at radius 2 is 1.74 bits per heavy atom. The lowest BCUT2D eigenvalue weighted by molar-refractivity contribution is -0.147. The fourth-order valence-electron chi connectivity index (χ4n) is 1.54. The van der Waals surface area contributed by atoms with Gasteiger partial charge >= 0.3 is 11.9 Å². The van der Waals surface area contributed by atoms with Gasteiger partial charge in [0.15, 0.2) is 0 Å². The topological polar surface area (TPSA) is 104 Å². The van der Waals surface area contributed by atoms with Crippen LogP contribution in [0.3, 0.4) is 0 Å². The van der Waals surface area contributed by atoms with Gasteiger partial charge in [0.2, 0.25) is 5.91 Å². The molecule has 102 valence electrons. The van der Waals surface area contributed by atoms with Gasteiger partial charge in [-0.25, -0.2) is 4.79 Å². The lowest BCUT2D eigenvalue weighted by Crippen LogP contribution is -2.42. The molecule has 0 saturated heterocycles. The van der Waals surface area contributed by atoms with Crippen molar-refractivity contribution in [3.63, 3.8) is 0 Å². The quantitative estimate of drug-likeness (QED) is 0.672. The lowest BCUT2D eigenvalue weighted by atomic mass is 10.1. The fourth-order valence-corrected chi connectivity index (χ4v) is 1.54. The molecule has 1 rings (SSSR count). The number of carbonyl (C=O) groups excluding carboxylic acids is 1. The Labute approximate surface area is 110 Å². The zero-order chi connectivity index (χ0) is 14.3. The average molecular weight is 265 g/mol. The molecule has 3 N–H and O–H groups in total. The summed E-state index contributed by atoms with van der Waals surface area (Å²) in [5.41, 5.74) is 0.961. The highest BCUT2D eigenvalue weighted by atomic mass is 16.4. The third-order valence-electron chi connectivity index (χ3n) is 2.50. The van der Waals surface area contributed by atoms with E-state index in [9.17, 15) is 14.4 Å². The molecule has 0 aromatic heterocycles. The first kappa shape index (κ1) is 14.7. The molecule has 0 bridgehead atoms. The van der Waals surface area contributed by atoms with Gasteiger partial charge in [0.1, 0.15) is 6.04 Å². The van der Waals surface area contributed by atoms with Crippen LogP contribution in [0.4, 0.5) is 0 Å². The molecule has 0 aliphatic carbocycles. The van der Waals surface area contributed by atoms with Gasteiger partial charge in [0, 0.05) is 6.42 Å². The van der Waals surface area contributed by atoms with Crippen LogP contribution in [0.25, 0.3) is 0 Å². The Hall–Kier alpha value is -2.37. The Bertz CT molecular complexity index is 457. The van der Waals surface area contributed by atoms with Gasteiger partial charge in [0.25, 0.3) is 0 Å². The molecule has 1 atom stereocenters. The predicted molar refractivity (Wildman–Crippen MR) is 66.6 cm³/mol. The van der Waals surface area contributed by atoms with Crippen molar-refractivity contribution in [2.75, 3.05) is 0 Å². The molecule has 0 unspecified atom stereocenters. The van der Waals surface area contributed by atoms with E-state index in [4.69, 9.17) is 10.2 Å². The summed E-state index contributed by atoms with van der Waals surface area (Å²) in [5.74, 6) is -3.09. The summed E-state index contributed by atoms with van der Waals surface area (Å²) in [6.07, 6.45) is -0.0358. The Balaban J connectivity index is 2.45. The van der Waals surface area contributed by atoms with Gasteiger partial charge in [-0.1, -0.05) is 30.3 Å². The molecular weight excluding hydrogens is 250 g/mol. The van der Waals surface area contributed by atoms with Crippen LogP contribution in [0.1, 0.15) is 18.4 Å². The zero-order valence-electron chi connectivity index (χ0n) is 10.2. The van der Waals surface area contributed by atoms with Crippen molar-refractivity contribution >= 4 is 17.8 Å². The van der Waals surface area contributed by atoms with Crippen molar-refractivity contribution in [1.82, 2.24) is 5.32 Å². The van der Waals surface area contributed by atoms with Gasteiger partial charge in [-0.3, -0.25) is 9.59 Å². The molecule has 6 heteroatoms. The number of carbonyl (C=O) groups is 3. The van der Waals surface area contributed by atoms with E-state index < -0.39 is 30.3 Å². The Kier molecular flexibility index (Phi) is 5.53. The maximum atomic E-state index is 11.5. The first-order valence-corrected chi connectivity index (χ1v) is 5.77. The zero-order valence-corrected chi connectivity index (χ0v) is 10.2. The number of nitrogens with one attached hydrogen (secondary N) is 1. The molecular formula is C13H15NO5. The standard InChI is InChI=1S/C13H15NO5/c15-11(7-6-9-4-2-1-3-5-9)14-10(13(18)19)8-12(16)17/h1-5,10H,6-8H2,(H,14,15)(H,16,17)(H,18,19)/t10-/m0/s1. The maximum Gasteiger partial charge on any atom is 0.326 e. The summed E-state index contributed by atoms with van der Waals surface area (Å²) in [7, 11) is 0. The molecule has 0 heterocycles.